The van der Waals surface area contributed by atoms with Crippen LogP contribution < -0.4 is 0 Å². The van der Waals surface area contributed by atoms with Crippen molar-refractivity contribution in [3.63, 3.8) is 0 Å². The molecule has 0 amide bonds. The van der Waals surface area contributed by atoms with Gasteiger partial charge in [-0.15, -0.1) is 0 Å². The van der Waals surface area contributed by atoms with Crippen LogP contribution in [0, 0.1) is 0 Å². The molecule has 0 fully saturated rings. The van der Waals surface area contributed by atoms with Crippen LogP contribution in [-0.4, -0.2) is 32.5 Å². The van der Waals surface area contributed by atoms with Gasteiger partial charge < -0.3 is 9.90 Å². The molecule has 0 aliphatic carbocycles. The second kappa shape index (κ2) is 16.3. The summed E-state index contributed by atoms with van der Waals surface area (Å²) in [6.07, 6.45) is 0.0116. The van der Waals surface area contributed by atoms with Gasteiger partial charge in [-0.2, -0.15) is 0 Å². The summed E-state index contributed by atoms with van der Waals surface area (Å²) in [5, 5.41) is 8.32. The van der Waals surface area contributed by atoms with Crippen LogP contribution in [0.4, 0.5) is 0 Å². The summed E-state index contributed by atoms with van der Waals surface area (Å²) in [6, 6.07) is 0. The molecule has 0 rings (SSSR count). The Hall–Kier alpha value is 0.512. The van der Waals surface area contributed by atoms with Gasteiger partial charge >= 0.3 is 0 Å². The molecule has 10 heavy (non-hydrogen) atoms. The smallest absolute Gasteiger partial charge is 0.287 e. The van der Waals surface area contributed by atoms with Gasteiger partial charge in [-0.3, -0.25) is 6.79 Å². The first-order valence-corrected chi connectivity index (χ1v) is 3.65. The summed E-state index contributed by atoms with van der Waals surface area (Å²) in [6.45, 7) is 3.25. The molecular weight excluding hydrogens is 195 g/mol. The van der Waals surface area contributed by atoms with Crippen LogP contribution in [0.1, 0.15) is 0 Å². The van der Waals surface area contributed by atoms with Crippen LogP contribution in [0.3, 0.4) is 0 Å². The van der Waals surface area contributed by atoms with Crippen molar-refractivity contribution in [1.29, 1.82) is 0 Å². The van der Waals surface area contributed by atoms with Gasteiger partial charge in [0.25, 0.3) is 8.38 Å². The fourth-order valence-electron chi connectivity index (χ4n) is 0.212. The van der Waals surface area contributed by atoms with E-state index < -0.39 is 8.38 Å². The van der Waals surface area contributed by atoms with Gasteiger partial charge in [0.05, 0.1) is 14.2 Å². The number of aliphatic hydroxyl groups is 1. The Morgan fingerprint density at radius 2 is 1.70 bits per heavy atom. The van der Waals surface area contributed by atoms with E-state index in [0.29, 0.717) is 0 Å². The largest absolute Gasteiger partial charge is 0.545 e. The minimum atomic E-state index is -1.31. The molecule has 62 valence electrons. The molecule has 0 aromatic rings. The third-order valence-electron chi connectivity index (χ3n) is 0.584. The normalized spacial score (nSPS) is 7.60. The molecule has 0 radical (unpaired) electrons. The number of hydrogen-bond donors (Lipinski definition) is 1. The van der Waals surface area contributed by atoms with Crippen LogP contribution in [0.15, 0.2) is 0 Å². The summed E-state index contributed by atoms with van der Waals surface area (Å²) >= 11 is 0. The quantitative estimate of drug-likeness (QED) is 0.401. The minimum Gasteiger partial charge on any atom is -0.545 e. The maximum Gasteiger partial charge on any atom is 0.287 e. The Morgan fingerprint density at radius 1 is 1.40 bits per heavy atom. The van der Waals surface area contributed by atoms with Crippen molar-refractivity contribution in [3.8, 4) is 0 Å². The van der Waals surface area contributed by atoms with Crippen molar-refractivity contribution in [2.45, 2.75) is 0 Å². The van der Waals surface area contributed by atoms with Crippen molar-refractivity contribution in [1.82, 2.24) is 0 Å². The summed E-state index contributed by atoms with van der Waals surface area (Å²) in [5.41, 5.74) is 0. The molecule has 4 nitrogen and oxygen atoms in total. The van der Waals surface area contributed by atoms with E-state index in [0.717, 1.165) is 0 Å². The van der Waals surface area contributed by atoms with Gasteiger partial charge in [0.1, 0.15) is 0 Å². The molecule has 0 aromatic carbocycles. The van der Waals surface area contributed by atoms with Crippen LogP contribution in [0.2, 0.25) is 0 Å². The first-order chi connectivity index (χ1) is 4.35. The molecule has 0 saturated heterocycles. The van der Waals surface area contributed by atoms with Crippen LogP contribution >= 0.6 is 8.38 Å². The van der Waals surface area contributed by atoms with Crippen molar-refractivity contribution in [3.05, 3.63) is 0 Å². The molecule has 1 N–H and O–H groups in total. The van der Waals surface area contributed by atoms with Gasteiger partial charge in [0, 0.05) is 17.4 Å². The zero-order valence-electron chi connectivity index (χ0n) is 5.86. The summed E-state index contributed by atoms with van der Waals surface area (Å²) < 4.78 is 9.36. The van der Waals surface area contributed by atoms with E-state index in [9.17, 15) is 0 Å². The van der Waals surface area contributed by atoms with E-state index in [-0.39, 0.29) is 23.7 Å². The zero-order valence-corrected chi connectivity index (χ0v) is 8.14. The van der Waals surface area contributed by atoms with Gasteiger partial charge in [-0.1, -0.05) is 0 Å². The Kier molecular flexibility index (Phi) is 27.4. The Morgan fingerprint density at radius 3 is 1.70 bits per heavy atom. The Labute approximate surface area is 72.6 Å². The van der Waals surface area contributed by atoms with Gasteiger partial charge in [0.2, 0.25) is 6.35 Å². The predicted octanol–water partition coefficient (Wildman–Crippen LogP) is -0.00340. The number of hydrogen-bond acceptors (Lipinski definition) is 4. The molecule has 0 saturated carbocycles. The summed E-state index contributed by atoms with van der Waals surface area (Å²) in [4.78, 5) is 7.75. The monoisotopic (exact) mass is 206 g/mol. The second-order valence-corrected chi connectivity index (χ2v) is 2.82. The first-order valence-electron chi connectivity index (χ1n) is 2.13. The number of aliphatic hydroxyl groups excluding tert-OH is 1. The molecule has 0 heterocycles. The maximum absolute atomic E-state index is 8.32. The first kappa shape index (κ1) is 16.9. The summed E-state index contributed by atoms with van der Waals surface area (Å²) in [5.74, 6) is 0. The fourth-order valence-corrected chi connectivity index (χ4v) is 0.637. The molecule has 0 aliphatic rings. The third kappa shape index (κ3) is 11.3. The maximum atomic E-state index is 8.32. The molecule has 0 unspecified atom stereocenters. The number of rotatable bonds is 3. The van der Waals surface area contributed by atoms with Crippen LogP contribution in [0.5, 0.6) is 0 Å². The molecule has 6 heteroatoms. The molecule has 0 bridgehead atoms. The Bertz CT molecular complexity index is 47.0. The Balaban J connectivity index is -0.000000149. The number of carbonyl (C=O) groups excluding carboxylic acids is 1. The van der Waals surface area contributed by atoms with Crippen LogP contribution in [-0.2, 0) is 31.2 Å². The predicted molar refractivity (Wildman–Crippen MR) is 36.2 cm³/mol. The summed E-state index contributed by atoms with van der Waals surface area (Å²) in [7, 11) is 1.74. The molecular formula is C4H11CrO4P. The van der Waals surface area contributed by atoms with Crippen molar-refractivity contribution >= 4 is 15.2 Å². The molecule has 0 atom stereocenters. The van der Waals surface area contributed by atoms with Crippen LogP contribution in [0.25, 0.3) is 0 Å². The fraction of sp³-hybridized carbons (Fsp3) is 0.750. The minimum absolute atomic E-state index is 0. The average molecular weight is 206 g/mol. The van der Waals surface area contributed by atoms with Crippen molar-refractivity contribution in [2.75, 3.05) is 20.6 Å². The van der Waals surface area contributed by atoms with Gasteiger partial charge in [-0.25, -0.2) is 9.05 Å². The molecule has 0 spiro atoms. The van der Waals surface area contributed by atoms with Gasteiger partial charge in [-0.05, 0) is 0 Å². The van der Waals surface area contributed by atoms with E-state index >= 15 is 0 Å². The van der Waals surface area contributed by atoms with E-state index in [4.69, 9.17) is 9.90 Å². The van der Waals surface area contributed by atoms with E-state index in [2.05, 4.69) is 15.8 Å². The van der Waals surface area contributed by atoms with Crippen molar-refractivity contribution in [2.24, 2.45) is 0 Å². The van der Waals surface area contributed by atoms with Gasteiger partial charge in [0.15, 0.2) is 0 Å². The zero-order chi connectivity index (χ0) is 7.70. The molecule has 0 aliphatic heterocycles. The van der Waals surface area contributed by atoms with E-state index in [1.165, 1.54) is 14.2 Å². The topological polar surface area (TPSA) is 55.8 Å². The molecule has 0 aromatic heterocycles. The average Bonchev–Trinajstić information content (AvgIpc) is 1.96. The SMILES string of the molecule is CO[PH+](CO)OC.[CH-]=O.[Cr]. The third-order valence-corrected chi connectivity index (χ3v) is 1.75. The van der Waals surface area contributed by atoms with E-state index in [1.807, 2.05) is 0 Å². The standard InChI is InChI=1S/C3H9O3P.CHO.Cr/c1-5-7(3-4)6-2;1-2;/h4H,3H2,1-2H3;1H;/q;-1;/p+1. The van der Waals surface area contributed by atoms with E-state index in [1.54, 1.807) is 0 Å². The second-order valence-electron chi connectivity index (χ2n) is 0.938. The van der Waals surface area contributed by atoms with Crippen molar-refractivity contribution < 1.29 is 36.3 Å².